The Labute approximate surface area is 145 Å². The zero-order valence-electron chi connectivity index (χ0n) is 12.9. The summed E-state index contributed by atoms with van der Waals surface area (Å²) < 4.78 is 5.60. The first-order chi connectivity index (χ1) is 10.7. The zero-order chi connectivity index (χ0) is 17.4. The van der Waals surface area contributed by atoms with E-state index in [1.165, 1.54) is 0 Å². The molecule has 0 amide bonds. The topological polar surface area (TPSA) is 82.8 Å². The van der Waals surface area contributed by atoms with Crippen LogP contribution in [0.4, 0.5) is 0 Å². The lowest BCUT2D eigenvalue weighted by atomic mass is 9.79. The summed E-state index contributed by atoms with van der Waals surface area (Å²) in [5, 5.41) is 19.9. The third-order valence-corrected chi connectivity index (χ3v) is 4.24. The number of ether oxygens (including phenoxy) is 1. The van der Waals surface area contributed by atoms with Crippen LogP contribution in [0.2, 0.25) is 10.0 Å². The van der Waals surface area contributed by atoms with Crippen LogP contribution in [0.1, 0.15) is 32.3 Å². The molecule has 0 saturated carbocycles. The summed E-state index contributed by atoms with van der Waals surface area (Å²) in [4.78, 5) is 0. The van der Waals surface area contributed by atoms with Crippen molar-refractivity contribution in [2.75, 3.05) is 0 Å². The number of rotatable bonds is 1. The first-order valence-electron chi connectivity index (χ1n) is 6.88. The first-order valence-corrected chi connectivity index (χ1v) is 7.63. The Morgan fingerprint density at radius 3 is 2.17 bits per heavy atom. The molecule has 0 radical (unpaired) electrons. The molecule has 2 rings (SSSR count). The second-order valence-electron chi connectivity index (χ2n) is 6.20. The van der Waals surface area contributed by atoms with Crippen molar-refractivity contribution < 1.29 is 4.74 Å². The van der Waals surface area contributed by atoms with E-state index in [4.69, 9.17) is 33.7 Å². The second-order valence-corrected chi connectivity index (χ2v) is 7.02. The Bertz CT molecular complexity index is 805. The van der Waals surface area contributed by atoms with Gasteiger partial charge < -0.3 is 10.5 Å². The SMILES string of the molecule is CC(C)(C)C1=C(C#N)[C@@H](c2ccc(Cl)c(Cl)c2)C(C#N)=C(N)O1. The standard InChI is InChI=1S/C17H15Cl2N3O/c1-17(2,3)15-10(7-20)14(11(8-21)16(22)23-15)9-4-5-12(18)13(19)6-9/h4-6,14H,22H2,1-3H3/t14-/m1/s1. The van der Waals surface area contributed by atoms with Crippen molar-refractivity contribution >= 4 is 23.2 Å². The fraction of sp³-hybridized carbons (Fsp3) is 0.294. The number of benzene rings is 1. The number of halogens is 2. The lowest BCUT2D eigenvalue weighted by Crippen LogP contribution is -2.26. The van der Waals surface area contributed by atoms with E-state index < -0.39 is 11.3 Å². The van der Waals surface area contributed by atoms with Crippen LogP contribution >= 0.6 is 23.2 Å². The normalized spacial score (nSPS) is 18.3. The van der Waals surface area contributed by atoms with Gasteiger partial charge in [-0.2, -0.15) is 10.5 Å². The summed E-state index contributed by atoms with van der Waals surface area (Å²) in [6.07, 6.45) is 0. The predicted octanol–water partition coefficient (Wildman–Crippen LogP) is 4.62. The average Bonchev–Trinajstić information content (AvgIpc) is 2.48. The molecule has 118 valence electrons. The van der Waals surface area contributed by atoms with E-state index in [2.05, 4.69) is 6.07 Å². The van der Waals surface area contributed by atoms with Crippen molar-refractivity contribution in [3.05, 3.63) is 56.6 Å². The maximum atomic E-state index is 9.66. The first kappa shape index (κ1) is 17.2. The molecular formula is C17H15Cl2N3O. The molecule has 0 aromatic heterocycles. The fourth-order valence-electron chi connectivity index (χ4n) is 2.45. The Morgan fingerprint density at radius 1 is 1.09 bits per heavy atom. The summed E-state index contributed by atoms with van der Waals surface area (Å²) in [5.74, 6) is -0.164. The number of hydrogen-bond donors (Lipinski definition) is 1. The van der Waals surface area contributed by atoms with Crippen molar-refractivity contribution in [1.29, 1.82) is 10.5 Å². The second kappa shape index (κ2) is 6.16. The van der Waals surface area contributed by atoms with Crippen LogP contribution in [-0.2, 0) is 4.74 Å². The lowest BCUT2D eigenvalue weighted by Gasteiger charge is -2.32. The summed E-state index contributed by atoms with van der Waals surface area (Å²) in [6.45, 7) is 5.74. The van der Waals surface area contributed by atoms with Gasteiger partial charge in [-0.25, -0.2) is 0 Å². The highest BCUT2D eigenvalue weighted by Crippen LogP contribution is 2.44. The molecule has 0 spiro atoms. The van der Waals surface area contributed by atoms with Crippen molar-refractivity contribution in [1.82, 2.24) is 0 Å². The van der Waals surface area contributed by atoms with E-state index in [1.807, 2.05) is 26.8 Å². The summed E-state index contributed by atoms with van der Waals surface area (Å²) >= 11 is 12.0. The van der Waals surface area contributed by atoms with Gasteiger partial charge in [-0.15, -0.1) is 0 Å². The van der Waals surface area contributed by atoms with Crippen molar-refractivity contribution in [2.45, 2.75) is 26.7 Å². The molecule has 0 saturated heterocycles. The highest BCUT2D eigenvalue weighted by atomic mass is 35.5. The van der Waals surface area contributed by atoms with E-state index in [1.54, 1.807) is 18.2 Å². The van der Waals surface area contributed by atoms with E-state index >= 15 is 0 Å². The van der Waals surface area contributed by atoms with Gasteiger partial charge in [0.05, 0.1) is 27.6 Å². The van der Waals surface area contributed by atoms with Crippen LogP contribution in [0.5, 0.6) is 0 Å². The van der Waals surface area contributed by atoms with Crippen LogP contribution in [0.3, 0.4) is 0 Å². The average molecular weight is 348 g/mol. The fourth-order valence-corrected chi connectivity index (χ4v) is 2.76. The molecule has 4 nitrogen and oxygen atoms in total. The van der Waals surface area contributed by atoms with Gasteiger partial charge in [0.25, 0.3) is 0 Å². The number of nitrogens with two attached hydrogens (primary N) is 1. The van der Waals surface area contributed by atoms with Gasteiger partial charge in [-0.1, -0.05) is 50.0 Å². The molecule has 6 heteroatoms. The molecule has 23 heavy (non-hydrogen) atoms. The minimum Gasteiger partial charge on any atom is -0.443 e. The van der Waals surface area contributed by atoms with Crippen LogP contribution in [-0.4, -0.2) is 0 Å². The molecule has 2 N–H and O–H groups in total. The van der Waals surface area contributed by atoms with Gasteiger partial charge in [0.2, 0.25) is 5.88 Å². The summed E-state index contributed by atoms with van der Waals surface area (Å²) in [5.41, 5.74) is 6.69. The largest absolute Gasteiger partial charge is 0.443 e. The molecular weight excluding hydrogens is 333 g/mol. The van der Waals surface area contributed by atoms with Crippen molar-refractivity contribution in [2.24, 2.45) is 11.1 Å². The number of nitrogens with zero attached hydrogens (tertiary/aromatic N) is 2. The van der Waals surface area contributed by atoms with Crippen LogP contribution in [0.25, 0.3) is 0 Å². The highest BCUT2D eigenvalue weighted by Gasteiger charge is 2.37. The number of nitriles is 2. The zero-order valence-corrected chi connectivity index (χ0v) is 14.5. The van der Waals surface area contributed by atoms with Crippen molar-refractivity contribution in [3.63, 3.8) is 0 Å². The van der Waals surface area contributed by atoms with Crippen LogP contribution < -0.4 is 5.73 Å². The third kappa shape index (κ3) is 3.15. The molecule has 0 aliphatic carbocycles. The molecule has 0 fully saturated rings. The van der Waals surface area contributed by atoms with Gasteiger partial charge in [-0.05, 0) is 17.7 Å². The Hall–Kier alpha value is -2.14. The minimum absolute atomic E-state index is 0.00694. The van der Waals surface area contributed by atoms with E-state index in [9.17, 15) is 10.5 Å². The molecule has 1 aromatic rings. The van der Waals surface area contributed by atoms with Crippen LogP contribution in [0.15, 0.2) is 41.0 Å². The van der Waals surface area contributed by atoms with E-state index in [0.29, 0.717) is 26.9 Å². The monoisotopic (exact) mass is 347 g/mol. The van der Waals surface area contributed by atoms with Gasteiger partial charge in [0, 0.05) is 5.41 Å². The minimum atomic E-state index is -0.622. The Morgan fingerprint density at radius 2 is 1.70 bits per heavy atom. The molecule has 1 aliphatic heterocycles. The van der Waals surface area contributed by atoms with Gasteiger partial charge >= 0.3 is 0 Å². The Balaban J connectivity index is 2.74. The maximum Gasteiger partial charge on any atom is 0.205 e. The van der Waals surface area contributed by atoms with E-state index in [0.717, 1.165) is 0 Å². The number of allylic oxidation sites excluding steroid dienone is 3. The van der Waals surface area contributed by atoms with Crippen LogP contribution in [0, 0.1) is 28.1 Å². The molecule has 1 aromatic carbocycles. The lowest BCUT2D eigenvalue weighted by molar-refractivity contribution is 0.199. The maximum absolute atomic E-state index is 9.66. The van der Waals surface area contributed by atoms with Gasteiger partial charge in [-0.3, -0.25) is 0 Å². The van der Waals surface area contributed by atoms with Gasteiger partial charge in [0.15, 0.2) is 0 Å². The predicted molar refractivity (Wildman–Crippen MR) is 89.2 cm³/mol. The Kier molecular flexibility index (Phi) is 4.61. The third-order valence-electron chi connectivity index (χ3n) is 3.50. The van der Waals surface area contributed by atoms with Crippen molar-refractivity contribution in [3.8, 4) is 12.1 Å². The van der Waals surface area contributed by atoms with Gasteiger partial charge in [0.1, 0.15) is 17.4 Å². The summed E-state index contributed by atoms with van der Waals surface area (Å²) in [6, 6.07) is 9.21. The molecule has 0 bridgehead atoms. The molecule has 0 unspecified atom stereocenters. The summed E-state index contributed by atoms with van der Waals surface area (Å²) in [7, 11) is 0. The highest BCUT2D eigenvalue weighted by molar-refractivity contribution is 6.42. The smallest absolute Gasteiger partial charge is 0.205 e. The number of hydrogen-bond acceptors (Lipinski definition) is 4. The molecule has 1 aliphatic rings. The van der Waals surface area contributed by atoms with E-state index in [-0.39, 0.29) is 11.5 Å². The molecule has 1 heterocycles. The quantitative estimate of drug-likeness (QED) is 0.802. The molecule has 1 atom stereocenters.